The van der Waals surface area contributed by atoms with E-state index in [4.69, 9.17) is 11.6 Å². The summed E-state index contributed by atoms with van der Waals surface area (Å²) in [5.41, 5.74) is 2.15. The van der Waals surface area contributed by atoms with Gasteiger partial charge >= 0.3 is 0 Å². The molecule has 1 saturated carbocycles. The van der Waals surface area contributed by atoms with Gasteiger partial charge in [0, 0.05) is 23.5 Å². The van der Waals surface area contributed by atoms with Crippen molar-refractivity contribution in [3.8, 4) is 0 Å². The second-order valence-corrected chi connectivity index (χ2v) is 6.14. The van der Waals surface area contributed by atoms with Crippen LogP contribution in [-0.4, -0.2) is 12.6 Å². The van der Waals surface area contributed by atoms with Crippen LogP contribution in [0.25, 0.3) is 0 Å². The Bertz CT molecular complexity index is 595. The Kier molecular flexibility index (Phi) is 4.57. The predicted octanol–water partition coefficient (Wildman–Crippen LogP) is 4.56. The molecule has 1 atom stereocenters. The second-order valence-electron chi connectivity index (χ2n) is 5.73. The average molecular weight is 304 g/mol. The molecule has 1 fully saturated rings. The third kappa shape index (κ3) is 4.05. The summed E-state index contributed by atoms with van der Waals surface area (Å²) in [6.07, 6.45) is 3.28. The van der Waals surface area contributed by atoms with Gasteiger partial charge in [-0.25, -0.2) is 4.39 Å². The van der Waals surface area contributed by atoms with Crippen molar-refractivity contribution < 1.29 is 4.39 Å². The Labute approximate surface area is 130 Å². The van der Waals surface area contributed by atoms with Gasteiger partial charge in [0.1, 0.15) is 5.82 Å². The monoisotopic (exact) mass is 303 g/mol. The molecular formula is C18H19ClFN. The molecular weight excluding hydrogens is 285 g/mol. The van der Waals surface area contributed by atoms with E-state index in [-0.39, 0.29) is 5.82 Å². The molecule has 0 aromatic heterocycles. The summed E-state index contributed by atoms with van der Waals surface area (Å²) in [6.45, 7) is 0.904. The van der Waals surface area contributed by atoms with Crippen molar-refractivity contribution in [3.05, 3.63) is 70.5 Å². The number of halogens is 2. The minimum Gasteiger partial charge on any atom is -0.313 e. The molecule has 1 aliphatic rings. The average Bonchev–Trinajstić information content (AvgIpc) is 3.32. The number of benzene rings is 2. The third-order valence-corrected chi connectivity index (χ3v) is 4.34. The highest BCUT2D eigenvalue weighted by molar-refractivity contribution is 6.31. The van der Waals surface area contributed by atoms with Crippen LogP contribution >= 0.6 is 11.6 Å². The zero-order valence-corrected chi connectivity index (χ0v) is 12.6. The SMILES string of the molecule is Fc1ccc(Cl)c(CC(CNC2CC2)c2ccccc2)c1. The van der Waals surface area contributed by atoms with Crippen LogP contribution in [0.5, 0.6) is 0 Å². The molecule has 1 nitrogen and oxygen atoms in total. The molecule has 0 bridgehead atoms. The van der Waals surface area contributed by atoms with Gasteiger partial charge in [-0.05, 0) is 48.6 Å². The molecule has 1 unspecified atom stereocenters. The van der Waals surface area contributed by atoms with Crippen LogP contribution in [0.2, 0.25) is 5.02 Å². The molecule has 110 valence electrons. The van der Waals surface area contributed by atoms with Gasteiger partial charge in [-0.2, -0.15) is 0 Å². The van der Waals surface area contributed by atoms with Gasteiger partial charge in [-0.1, -0.05) is 41.9 Å². The van der Waals surface area contributed by atoms with E-state index in [9.17, 15) is 4.39 Å². The Hall–Kier alpha value is -1.38. The van der Waals surface area contributed by atoms with Crippen LogP contribution in [0.15, 0.2) is 48.5 Å². The lowest BCUT2D eigenvalue weighted by molar-refractivity contribution is 0.573. The summed E-state index contributed by atoms with van der Waals surface area (Å²) in [5, 5.41) is 4.22. The lowest BCUT2D eigenvalue weighted by atomic mass is 9.91. The summed E-state index contributed by atoms with van der Waals surface area (Å²) in [4.78, 5) is 0. The Morgan fingerprint density at radius 3 is 2.62 bits per heavy atom. The summed E-state index contributed by atoms with van der Waals surface area (Å²) >= 11 is 6.22. The van der Waals surface area contributed by atoms with Crippen molar-refractivity contribution in [2.45, 2.75) is 31.2 Å². The Balaban J connectivity index is 1.78. The molecule has 0 heterocycles. The molecule has 3 rings (SSSR count). The molecule has 2 aromatic carbocycles. The van der Waals surface area contributed by atoms with Crippen molar-refractivity contribution in [3.63, 3.8) is 0 Å². The molecule has 0 saturated heterocycles. The highest BCUT2D eigenvalue weighted by Crippen LogP contribution is 2.27. The zero-order chi connectivity index (χ0) is 14.7. The number of rotatable bonds is 6. The summed E-state index contributed by atoms with van der Waals surface area (Å²) in [5.74, 6) is 0.0856. The van der Waals surface area contributed by atoms with Gasteiger partial charge in [-0.3, -0.25) is 0 Å². The van der Waals surface area contributed by atoms with Crippen LogP contribution in [0.4, 0.5) is 4.39 Å². The molecule has 0 radical (unpaired) electrons. The maximum atomic E-state index is 13.4. The van der Waals surface area contributed by atoms with Crippen molar-refractivity contribution >= 4 is 11.6 Å². The fraction of sp³-hybridized carbons (Fsp3) is 0.333. The maximum Gasteiger partial charge on any atom is 0.123 e. The molecule has 1 aliphatic carbocycles. The molecule has 0 spiro atoms. The van der Waals surface area contributed by atoms with Gasteiger partial charge in [0.2, 0.25) is 0 Å². The van der Waals surface area contributed by atoms with Crippen molar-refractivity contribution in [2.75, 3.05) is 6.54 Å². The van der Waals surface area contributed by atoms with Gasteiger partial charge < -0.3 is 5.32 Å². The minimum absolute atomic E-state index is 0.226. The summed E-state index contributed by atoms with van der Waals surface area (Å²) in [7, 11) is 0. The number of hydrogen-bond acceptors (Lipinski definition) is 1. The third-order valence-electron chi connectivity index (χ3n) is 3.98. The van der Waals surface area contributed by atoms with E-state index in [1.807, 2.05) is 18.2 Å². The Morgan fingerprint density at radius 2 is 1.90 bits per heavy atom. The molecule has 1 N–H and O–H groups in total. The summed E-state index contributed by atoms with van der Waals surface area (Å²) in [6, 6.07) is 15.6. The van der Waals surface area contributed by atoms with Gasteiger partial charge in [0.05, 0.1) is 0 Å². The van der Waals surface area contributed by atoms with Crippen LogP contribution in [0.1, 0.15) is 29.9 Å². The quantitative estimate of drug-likeness (QED) is 0.825. The van der Waals surface area contributed by atoms with E-state index in [0.29, 0.717) is 17.0 Å². The molecule has 2 aromatic rings. The predicted molar refractivity (Wildman–Crippen MR) is 85.3 cm³/mol. The molecule has 3 heteroatoms. The van der Waals surface area contributed by atoms with Gasteiger partial charge in [0.25, 0.3) is 0 Å². The van der Waals surface area contributed by atoms with Gasteiger partial charge in [0.15, 0.2) is 0 Å². The summed E-state index contributed by atoms with van der Waals surface area (Å²) < 4.78 is 13.4. The largest absolute Gasteiger partial charge is 0.313 e. The van der Waals surface area contributed by atoms with Crippen molar-refractivity contribution in [1.29, 1.82) is 0 Å². The highest BCUT2D eigenvalue weighted by atomic mass is 35.5. The highest BCUT2D eigenvalue weighted by Gasteiger charge is 2.23. The first kappa shape index (κ1) is 14.6. The Morgan fingerprint density at radius 1 is 1.14 bits per heavy atom. The fourth-order valence-electron chi connectivity index (χ4n) is 2.59. The lowest BCUT2D eigenvalue weighted by Crippen LogP contribution is -2.25. The standard InChI is InChI=1S/C18H19ClFN/c19-18-9-6-16(20)11-14(18)10-15(12-21-17-7-8-17)13-4-2-1-3-5-13/h1-6,9,11,15,17,21H,7-8,10,12H2. The van der Waals surface area contributed by atoms with E-state index in [1.54, 1.807) is 12.1 Å². The smallest absolute Gasteiger partial charge is 0.123 e. The van der Waals surface area contributed by atoms with Crippen LogP contribution < -0.4 is 5.32 Å². The number of nitrogens with one attached hydrogen (secondary N) is 1. The van der Waals surface area contributed by atoms with E-state index in [2.05, 4.69) is 17.4 Å². The maximum absolute atomic E-state index is 13.4. The fourth-order valence-corrected chi connectivity index (χ4v) is 2.79. The minimum atomic E-state index is -0.226. The van der Waals surface area contributed by atoms with Crippen LogP contribution in [-0.2, 0) is 6.42 Å². The van der Waals surface area contributed by atoms with Crippen LogP contribution in [0.3, 0.4) is 0 Å². The molecule has 0 aliphatic heterocycles. The lowest BCUT2D eigenvalue weighted by Gasteiger charge is -2.19. The van der Waals surface area contributed by atoms with E-state index < -0.39 is 0 Å². The van der Waals surface area contributed by atoms with E-state index in [0.717, 1.165) is 18.5 Å². The topological polar surface area (TPSA) is 12.0 Å². The van der Waals surface area contributed by atoms with E-state index in [1.165, 1.54) is 24.5 Å². The van der Waals surface area contributed by atoms with Gasteiger partial charge in [-0.15, -0.1) is 0 Å². The second kappa shape index (κ2) is 6.59. The first-order valence-corrected chi connectivity index (χ1v) is 7.82. The molecule has 0 amide bonds. The first-order valence-electron chi connectivity index (χ1n) is 7.44. The van der Waals surface area contributed by atoms with Crippen molar-refractivity contribution in [2.24, 2.45) is 0 Å². The number of hydrogen-bond donors (Lipinski definition) is 1. The molecule has 21 heavy (non-hydrogen) atoms. The van der Waals surface area contributed by atoms with Crippen LogP contribution in [0, 0.1) is 5.82 Å². The van der Waals surface area contributed by atoms with Crippen molar-refractivity contribution in [1.82, 2.24) is 5.32 Å². The normalized spacial score (nSPS) is 15.9. The zero-order valence-electron chi connectivity index (χ0n) is 11.9. The van der Waals surface area contributed by atoms with E-state index >= 15 is 0 Å². The first-order chi connectivity index (χ1) is 10.2.